The van der Waals surface area contributed by atoms with Gasteiger partial charge in [-0.25, -0.2) is 4.98 Å². The van der Waals surface area contributed by atoms with E-state index < -0.39 is 0 Å². The molecule has 3 aromatic rings. The standard InChI is InChI=1S/C19H16N2O4S/c1-2-9-21-18(25)13-5-3-4-6-15(13)20-19(21)26-11-17(24)14-8-7-12(22)10-16(14)23/h2-8,10,22-23H,1,9,11H2. The van der Waals surface area contributed by atoms with Gasteiger partial charge in [0.25, 0.3) is 5.56 Å². The van der Waals surface area contributed by atoms with E-state index in [0.29, 0.717) is 16.1 Å². The first-order chi connectivity index (χ1) is 12.5. The number of para-hydroxylation sites is 1. The van der Waals surface area contributed by atoms with Gasteiger partial charge in [0.05, 0.1) is 22.2 Å². The van der Waals surface area contributed by atoms with Crippen molar-refractivity contribution in [3.05, 3.63) is 71.0 Å². The van der Waals surface area contributed by atoms with E-state index >= 15 is 0 Å². The number of benzene rings is 2. The third-order valence-corrected chi connectivity index (χ3v) is 4.73. The Morgan fingerprint density at radius 2 is 2.00 bits per heavy atom. The molecule has 2 N–H and O–H groups in total. The molecule has 1 aromatic heterocycles. The zero-order chi connectivity index (χ0) is 18.7. The Labute approximate surface area is 153 Å². The van der Waals surface area contributed by atoms with Gasteiger partial charge in [-0.05, 0) is 24.3 Å². The van der Waals surface area contributed by atoms with E-state index in [1.54, 1.807) is 30.3 Å². The molecule has 1 heterocycles. The SMILES string of the molecule is C=CCn1c(SCC(=O)c2ccc(O)cc2O)nc2ccccc2c1=O. The molecule has 2 aromatic carbocycles. The summed E-state index contributed by atoms with van der Waals surface area (Å²) in [5.41, 5.74) is 0.465. The fraction of sp³-hybridized carbons (Fsp3) is 0.105. The molecule has 6 nitrogen and oxygen atoms in total. The molecular formula is C19H16N2O4S. The molecule has 3 rings (SSSR count). The summed E-state index contributed by atoms with van der Waals surface area (Å²) in [4.78, 5) is 29.5. The minimum atomic E-state index is -0.333. The summed E-state index contributed by atoms with van der Waals surface area (Å²) in [6.07, 6.45) is 1.59. The number of ketones is 1. The first-order valence-corrected chi connectivity index (χ1v) is 8.78. The Morgan fingerprint density at radius 3 is 2.73 bits per heavy atom. The van der Waals surface area contributed by atoms with E-state index in [9.17, 15) is 19.8 Å². The highest BCUT2D eigenvalue weighted by atomic mass is 32.2. The van der Waals surface area contributed by atoms with Gasteiger partial charge >= 0.3 is 0 Å². The molecule has 0 aliphatic rings. The smallest absolute Gasteiger partial charge is 0.262 e. The maximum Gasteiger partial charge on any atom is 0.262 e. The second-order valence-corrected chi connectivity index (χ2v) is 6.47. The molecule has 0 atom stereocenters. The quantitative estimate of drug-likeness (QED) is 0.301. The van der Waals surface area contributed by atoms with Gasteiger partial charge in [0.15, 0.2) is 10.9 Å². The number of rotatable bonds is 6. The first kappa shape index (κ1) is 17.8. The van der Waals surface area contributed by atoms with E-state index in [1.807, 2.05) is 0 Å². The van der Waals surface area contributed by atoms with Gasteiger partial charge in [0.2, 0.25) is 0 Å². The van der Waals surface area contributed by atoms with Gasteiger partial charge in [-0.1, -0.05) is 30.0 Å². The van der Waals surface area contributed by atoms with Crippen LogP contribution in [0.1, 0.15) is 10.4 Å². The second-order valence-electron chi connectivity index (χ2n) is 5.53. The maximum atomic E-state index is 12.7. The van der Waals surface area contributed by atoms with Crippen molar-refractivity contribution in [1.29, 1.82) is 0 Å². The molecule has 26 heavy (non-hydrogen) atoms. The summed E-state index contributed by atoms with van der Waals surface area (Å²) >= 11 is 1.11. The van der Waals surface area contributed by atoms with Crippen LogP contribution >= 0.6 is 11.8 Å². The summed E-state index contributed by atoms with van der Waals surface area (Å²) in [7, 11) is 0. The van der Waals surface area contributed by atoms with E-state index in [-0.39, 0.29) is 40.7 Å². The van der Waals surface area contributed by atoms with Crippen LogP contribution in [0.5, 0.6) is 11.5 Å². The van der Waals surface area contributed by atoms with Crippen molar-refractivity contribution >= 4 is 28.4 Å². The molecule has 0 bridgehead atoms. The number of phenolic OH excluding ortho intramolecular Hbond substituents is 2. The van der Waals surface area contributed by atoms with Crippen LogP contribution in [0.3, 0.4) is 0 Å². The minimum Gasteiger partial charge on any atom is -0.508 e. The molecule has 7 heteroatoms. The lowest BCUT2D eigenvalue weighted by molar-refractivity contribution is 0.102. The molecule has 0 fully saturated rings. The fourth-order valence-electron chi connectivity index (χ4n) is 2.51. The highest BCUT2D eigenvalue weighted by Gasteiger charge is 2.15. The predicted molar refractivity (Wildman–Crippen MR) is 101 cm³/mol. The fourth-order valence-corrected chi connectivity index (χ4v) is 3.40. The van der Waals surface area contributed by atoms with Crippen molar-refractivity contribution in [3.63, 3.8) is 0 Å². The largest absolute Gasteiger partial charge is 0.508 e. The summed E-state index contributed by atoms with van der Waals surface area (Å²) in [6, 6.07) is 10.8. The van der Waals surface area contributed by atoms with Crippen molar-refractivity contribution in [2.24, 2.45) is 0 Å². The monoisotopic (exact) mass is 368 g/mol. The zero-order valence-electron chi connectivity index (χ0n) is 13.8. The number of aromatic nitrogens is 2. The van der Waals surface area contributed by atoms with Gasteiger partial charge < -0.3 is 10.2 Å². The molecule has 132 valence electrons. The highest BCUT2D eigenvalue weighted by Crippen LogP contribution is 2.25. The van der Waals surface area contributed by atoms with Gasteiger partial charge in [0.1, 0.15) is 11.5 Å². The topological polar surface area (TPSA) is 92.4 Å². The molecule has 0 aliphatic carbocycles. The number of phenols is 2. The number of hydrogen-bond acceptors (Lipinski definition) is 6. The van der Waals surface area contributed by atoms with Crippen LogP contribution in [0, 0.1) is 0 Å². The van der Waals surface area contributed by atoms with Gasteiger partial charge in [-0.15, -0.1) is 6.58 Å². The van der Waals surface area contributed by atoms with E-state index in [2.05, 4.69) is 11.6 Å². The number of aromatic hydroxyl groups is 2. The highest BCUT2D eigenvalue weighted by molar-refractivity contribution is 7.99. The summed E-state index contributed by atoms with van der Waals surface area (Å²) in [6.45, 7) is 3.94. The number of nitrogens with zero attached hydrogens (tertiary/aromatic N) is 2. The van der Waals surface area contributed by atoms with Gasteiger partial charge in [0, 0.05) is 12.6 Å². The van der Waals surface area contributed by atoms with Crippen LogP contribution < -0.4 is 5.56 Å². The molecule has 0 radical (unpaired) electrons. The normalized spacial score (nSPS) is 10.8. The van der Waals surface area contributed by atoms with Gasteiger partial charge in [-0.3, -0.25) is 14.2 Å². The lowest BCUT2D eigenvalue weighted by Crippen LogP contribution is -2.23. The average molecular weight is 368 g/mol. The Kier molecular flexibility index (Phi) is 5.09. The van der Waals surface area contributed by atoms with E-state index in [4.69, 9.17) is 0 Å². The van der Waals surface area contributed by atoms with Crippen LogP contribution in [0.4, 0.5) is 0 Å². The average Bonchev–Trinajstić information content (AvgIpc) is 2.62. The Bertz CT molecular complexity index is 1060. The van der Waals surface area contributed by atoms with Crippen molar-refractivity contribution in [3.8, 4) is 11.5 Å². The molecule has 0 spiro atoms. The Hall–Kier alpha value is -3.06. The number of carbonyl (C=O) groups excluding carboxylic acids is 1. The van der Waals surface area contributed by atoms with Crippen molar-refractivity contribution < 1.29 is 15.0 Å². The zero-order valence-corrected chi connectivity index (χ0v) is 14.6. The lowest BCUT2D eigenvalue weighted by atomic mass is 10.1. The van der Waals surface area contributed by atoms with Crippen LogP contribution in [0.15, 0.2) is 65.1 Å². The van der Waals surface area contributed by atoms with Crippen LogP contribution in [0.25, 0.3) is 10.9 Å². The number of Topliss-reactive ketones (excluding diaryl/α,β-unsaturated/α-hetero) is 1. The van der Waals surface area contributed by atoms with Crippen molar-refractivity contribution in [1.82, 2.24) is 9.55 Å². The molecule has 0 amide bonds. The Morgan fingerprint density at radius 1 is 1.23 bits per heavy atom. The molecule has 0 aliphatic heterocycles. The van der Waals surface area contributed by atoms with Gasteiger partial charge in [-0.2, -0.15) is 0 Å². The molecule has 0 saturated carbocycles. The predicted octanol–water partition coefficient (Wildman–Crippen LogP) is 2.97. The van der Waals surface area contributed by atoms with Crippen LogP contribution in [0.2, 0.25) is 0 Å². The summed E-state index contributed by atoms with van der Waals surface area (Å²) in [5, 5.41) is 20.0. The van der Waals surface area contributed by atoms with Crippen molar-refractivity contribution in [2.75, 3.05) is 5.75 Å². The minimum absolute atomic E-state index is 0.0136. The summed E-state index contributed by atoms with van der Waals surface area (Å²) in [5.74, 6) is -0.756. The maximum absolute atomic E-state index is 12.7. The number of hydrogen-bond donors (Lipinski definition) is 2. The second kappa shape index (κ2) is 7.45. The van der Waals surface area contributed by atoms with Crippen molar-refractivity contribution in [2.45, 2.75) is 11.7 Å². The molecule has 0 unspecified atom stereocenters. The van der Waals surface area contributed by atoms with E-state index in [0.717, 1.165) is 17.8 Å². The van der Waals surface area contributed by atoms with Crippen LogP contribution in [-0.4, -0.2) is 31.3 Å². The number of allylic oxidation sites excluding steroid dienone is 1. The number of fused-ring (bicyclic) bond motifs is 1. The van der Waals surface area contributed by atoms with E-state index in [1.165, 1.54) is 16.7 Å². The first-order valence-electron chi connectivity index (χ1n) is 7.79. The van der Waals surface area contributed by atoms with Crippen LogP contribution in [-0.2, 0) is 6.54 Å². The molecule has 0 saturated heterocycles. The molecular weight excluding hydrogens is 352 g/mol. The summed E-state index contributed by atoms with van der Waals surface area (Å²) < 4.78 is 1.46. The lowest BCUT2D eigenvalue weighted by Gasteiger charge is -2.11. The Balaban J connectivity index is 1.92. The number of thioether (sulfide) groups is 1. The number of carbonyl (C=O) groups is 1. The third-order valence-electron chi connectivity index (χ3n) is 3.75. The third kappa shape index (κ3) is 3.48.